The standard InChI is InChI=1S/C22H24F2O3/c1-2-11-27-17-7-3-14(4-8-17)20-12-15(5-9-19(20)22(25)26)18-10-6-16(23)13-21(18)24/h5-6,9-10,12-14,17H,2-4,7-8,11H2,1H3,(H,25,26)/t14-,17-. The van der Waals surface area contributed by atoms with E-state index in [2.05, 4.69) is 6.92 Å². The minimum absolute atomic E-state index is 0.0982. The normalized spacial score (nSPS) is 19.8. The van der Waals surface area contributed by atoms with E-state index in [1.54, 1.807) is 12.1 Å². The molecule has 0 spiro atoms. The number of hydrogen-bond donors (Lipinski definition) is 1. The molecule has 0 saturated heterocycles. The van der Waals surface area contributed by atoms with Gasteiger partial charge in [-0.15, -0.1) is 0 Å². The van der Waals surface area contributed by atoms with Gasteiger partial charge in [0.1, 0.15) is 11.6 Å². The van der Waals surface area contributed by atoms with Crippen LogP contribution in [0.1, 0.15) is 60.9 Å². The zero-order valence-corrected chi connectivity index (χ0v) is 15.4. The lowest BCUT2D eigenvalue weighted by molar-refractivity contribution is 0.0250. The monoisotopic (exact) mass is 374 g/mol. The number of ether oxygens (including phenoxy) is 1. The summed E-state index contributed by atoms with van der Waals surface area (Å²) in [5.74, 6) is -2.17. The van der Waals surface area contributed by atoms with Crippen LogP contribution in [0.25, 0.3) is 11.1 Å². The predicted octanol–water partition coefficient (Wildman–Crippen LogP) is 5.78. The molecule has 0 aliphatic heterocycles. The van der Waals surface area contributed by atoms with E-state index in [4.69, 9.17) is 4.74 Å². The fourth-order valence-electron chi connectivity index (χ4n) is 3.81. The van der Waals surface area contributed by atoms with Crippen molar-refractivity contribution in [2.24, 2.45) is 0 Å². The first-order valence-electron chi connectivity index (χ1n) is 9.43. The van der Waals surface area contributed by atoms with Crippen LogP contribution in [-0.2, 0) is 4.74 Å². The van der Waals surface area contributed by atoms with Crippen molar-refractivity contribution in [2.45, 2.75) is 51.0 Å². The number of carboxylic acids is 1. The summed E-state index contributed by atoms with van der Waals surface area (Å²) in [7, 11) is 0. The summed E-state index contributed by atoms with van der Waals surface area (Å²) in [4.78, 5) is 11.7. The van der Waals surface area contributed by atoms with Crippen molar-refractivity contribution in [2.75, 3.05) is 6.61 Å². The number of benzene rings is 2. The van der Waals surface area contributed by atoms with E-state index in [0.29, 0.717) is 5.56 Å². The number of carboxylic acid groups (broad SMARTS) is 1. The van der Waals surface area contributed by atoms with Crippen LogP contribution in [0.5, 0.6) is 0 Å². The van der Waals surface area contributed by atoms with Crippen molar-refractivity contribution in [3.63, 3.8) is 0 Å². The van der Waals surface area contributed by atoms with Crippen molar-refractivity contribution >= 4 is 5.97 Å². The van der Waals surface area contributed by atoms with Gasteiger partial charge in [-0.1, -0.05) is 13.0 Å². The highest BCUT2D eigenvalue weighted by molar-refractivity contribution is 5.90. The smallest absolute Gasteiger partial charge is 0.335 e. The maximum absolute atomic E-state index is 14.2. The summed E-state index contributed by atoms with van der Waals surface area (Å²) in [6, 6.07) is 8.29. The molecule has 3 rings (SSSR count). The molecule has 27 heavy (non-hydrogen) atoms. The van der Waals surface area contributed by atoms with E-state index >= 15 is 0 Å². The molecule has 1 fully saturated rings. The zero-order valence-electron chi connectivity index (χ0n) is 15.4. The summed E-state index contributed by atoms with van der Waals surface area (Å²) < 4.78 is 33.2. The molecule has 3 nitrogen and oxygen atoms in total. The second-order valence-corrected chi connectivity index (χ2v) is 7.08. The van der Waals surface area contributed by atoms with Crippen LogP contribution in [-0.4, -0.2) is 23.8 Å². The van der Waals surface area contributed by atoms with Gasteiger partial charge in [-0.2, -0.15) is 0 Å². The summed E-state index contributed by atoms with van der Waals surface area (Å²) in [5.41, 5.74) is 1.81. The van der Waals surface area contributed by atoms with Crippen molar-refractivity contribution < 1.29 is 23.4 Å². The molecule has 0 radical (unpaired) electrons. The quantitative estimate of drug-likeness (QED) is 0.697. The van der Waals surface area contributed by atoms with Gasteiger partial charge in [-0.25, -0.2) is 13.6 Å². The molecular weight excluding hydrogens is 350 g/mol. The van der Waals surface area contributed by atoms with Crippen LogP contribution >= 0.6 is 0 Å². The molecule has 5 heteroatoms. The Morgan fingerprint density at radius 1 is 1.11 bits per heavy atom. The summed E-state index contributed by atoms with van der Waals surface area (Å²) in [5, 5.41) is 9.57. The van der Waals surface area contributed by atoms with Crippen LogP contribution in [0, 0.1) is 11.6 Å². The second kappa shape index (κ2) is 8.61. The Bertz CT molecular complexity index is 811. The van der Waals surface area contributed by atoms with Gasteiger partial charge < -0.3 is 9.84 Å². The molecule has 2 aromatic rings. The van der Waals surface area contributed by atoms with Crippen molar-refractivity contribution in [3.05, 3.63) is 59.2 Å². The highest BCUT2D eigenvalue weighted by Gasteiger charge is 2.26. The van der Waals surface area contributed by atoms with Gasteiger partial charge in [0.2, 0.25) is 0 Å². The number of rotatable bonds is 6. The van der Waals surface area contributed by atoms with Crippen LogP contribution in [0.2, 0.25) is 0 Å². The summed E-state index contributed by atoms with van der Waals surface area (Å²) in [6.07, 6.45) is 4.66. The Morgan fingerprint density at radius 3 is 2.48 bits per heavy atom. The molecule has 1 N–H and O–H groups in total. The lowest BCUT2D eigenvalue weighted by Gasteiger charge is -2.29. The predicted molar refractivity (Wildman–Crippen MR) is 100.0 cm³/mol. The molecule has 2 aromatic carbocycles. The van der Waals surface area contributed by atoms with Crippen LogP contribution in [0.4, 0.5) is 8.78 Å². The van der Waals surface area contributed by atoms with Gasteiger partial charge >= 0.3 is 5.97 Å². The summed E-state index contributed by atoms with van der Waals surface area (Å²) in [6.45, 7) is 2.82. The highest BCUT2D eigenvalue weighted by Crippen LogP contribution is 2.38. The molecule has 0 heterocycles. The molecule has 1 saturated carbocycles. The third-order valence-corrected chi connectivity index (χ3v) is 5.20. The number of aromatic carboxylic acids is 1. The maximum atomic E-state index is 14.2. The SMILES string of the molecule is CCCO[C@H]1CC[C@H](c2cc(-c3ccc(F)cc3F)ccc2C(=O)O)CC1. The van der Waals surface area contributed by atoms with Gasteiger partial charge in [0.15, 0.2) is 0 Å². The molecule has 0 aromatic heterocycles. The average molecular weight is 374 g/mol. The number of halogens is 2. The van der Waals surface area contributed by atoms with Crippen LogP contribution in [0.15, 0.2) is 36.4 Å². The Labute approximate surface area is 158 Å². The molecule has 0 unspecified atom stereocenters. The lowest BCUT2D eigenvalue weighted by atomic mass is 9.80. The number of carbonyl (C=O) groups is 1. The Kier molecular flexibility index (Phi) is 6.22. The second-order valence-electron chi connectivity index (χ2n) is 7.08. The first kappa shape index (κ1) is 19.5. The first-order chi connectivity index (χ1) is 13.0. The van der Waals surface area contributed by atoms with Gasteiger partial charge in [0.25, 0.3) is 0 Å². The summed E-state index contributed by atoms with van der Waals surface area (Å²) >= 11 is 0. The van der Waals surface area contributed by atoms with E-state index in [0.717, 1.165) is 50.3 Å². The fourth-order valence-corrected chi connectivity index (χ4v) is 3.81. The third-order valence-electron chi connectivity index (χ3n) is 5.20. The van der Waals surface area contributed by atoms with Gasteiger partial charge in [-0.05, 0) is 73.4 Å². The highest BCUT2D eigenvalue weighted by atomic mass is 19.1. The molecule has 1 aliphatic carbocycles. The Hall–Kier alpha value is -2.27. The van der Waals surface area contributed by atoms with E-state index < -0.39 is 17.6 Å². The van der Waals surface area contributed by atoms with Crippen molar-refractivity contribution in [3.8, 4) is 11.1 Å². The molecule has 0 bridgehead atoms. The molecule has 0 atom stereocenters. The van der Waals surface area contributed by atoms with E-state index in [1.807, 2.05) is 0 Å². The average Bonchev–Trinajstić information content (AvgIpc) is 2.66. The van der Waals surface area contributed by atoms with Gasteiger partial charge in [0.05, 0.1) is 11.7 Å². The van der Waals surface area contributed by atoms with Gasteiger partial charge in [0, 0.05) is 18.2 Å². The molecule has 144 valence electrons. The number of hydrogen-bond acceptors (Lipinski definition) is 2. The zero-order chi connectivity index (χ0) is 19.4. The largest absolute Gasteiger partial charge is 0.478 e. The maximum Gasteiger partial charge on any atom is 0.335 e. The fraction of sp³-hybridized carbons (Fsp3) is 0.409. The van der Waals surface area contributed by atoms with Crippen LogP contribution in [0.3, 0.4) is 0 Å². The van der Waals surface area contributed by atoms with Crippen LogP contribution < -0.4 is 0 Å². The van der Waals surface area contributed by atoms with E-state index in [1.165, 1.54) is 18.2 Å². The Morgan fingerprint density at radius 2 is 1.85 bits per heavy atom. The minimum Gasteiger partial charge on any atom is -0.478 e. The third kappa shape index (κ3) is 4.53. The van der Waals surface area contributed by atoms with E-state index in [-0.39, 0.29) is 23.1 Å². The lowest BCUT2D eigenvalue weighted by Crippen LogP contribution is -2.22. The molecular formula is C22H24F2O3. The van der Waals surface area contributed by atoms with Crippen molar-refractivity contribution in [1.29, 1.82) is 0 Å². The topological polar surface area (TPSA) is 46.5 Å². The Balaban J connectivity index is 1.88. The molecule has 0 amide bonds. The van der Waals surface area contributed by atoms with Crippen molar-refractivity contribution in [1.82, 2.24) is 0 Å². The van der Waals surface area contributed by atoms with E-state index in [9.17, 15) is 18.7 Å². The first-order valence-corrected chi connectivity index (χ1v) is 9.43. The molecule has 1 aliphatic rings. The van der Waals surface area contributed by atoms with Gasteiger partial charge in [-0.3, -0.25) is 0 Å². The minimum atomic E-state index is -0.986.